The molecule has 1 aliphatic heterocycles. The average molecular weight is 416 g/mol. The van der Waals surface area contributed by atoms with E-state index in [2.05, 4.69) is 6.92 Å². The lowest BCUT2D eigenvalue weighted by Gasteiger charge is -2.22. The third-order valence-corrected chi connectivity index (χ3v) is 5.90. The minimum atomic E-state index is -3.48. The molecule has 0 bridgehead atoms. The Labute approximate surface area is 171 Å². The molecule has 2 aromatic rings. The maximum absolute atomic E-state index is 12.3. The van der Waals surface area contributed by atoms with Crippen LogP contribution in [-0.2, 0) is 19.6 Å². The van der Waals surface area contributed by atoms with Crippen LogP contribution in [0.5, 0.6) is 5.75 Å². The van der Waals surface area contributed by atoms with E-state index in [1.54, 1.807) is 12.1 Å². The lowest BCUT2D eigenvalue weighted by atomic mass is 10.0. The van der Waals surface area contributed by atoms with Crippen LogP contribution in [0, 0.1) is 0 Å². The maximum Gasteiger partial charge on any atom is 0.333 e. The predicted octanol–water partition coefficient (Wildman–Crippen LogP) is 3.87. The first-order valence-electron chi connectivity index (χ1n) is 9.47. The van der Waals surface area contributed by atoms with Crippen molar-refractivity contribution in [3.63, 3.8) is 0 Å². The van der Waals surface area contributed by atoms with Gasteiger partial charge < -0.3 is 9.47 Å². The number of fused-ring (bicyclic) bond motifs is 1. The maximum atomic E-state index is 12.3. The van der Waals surface area contributed by atoms with Gasteiger partial charge in [0.2, 0.25) is 10.0 Å². The molecule has 0 aliphatic carbocycles. The summed E-state index contributed by atoms with van der Waals surface area (Å²) in [5.74, 6) is 0.357. The molecule has 0 unspecified atom stereocenters. The highest BCUT2D eigenvalue weighted by molar-refractivity contribution is 7.92. The normalized spacial score (nSPS) is 13.9. The van der Waals surface area contributed by atoms with Gasteiger partial charge in [0.25, 0.3) is 0 Å². The van der Waals surface area contributed by atoms with E-state index < -0.39 is 16.0 Å². The number of ether oxygens (including phenoxy) is 2. The molecule has 1 aliphatic rings. The van der Waals surface area contributed by atoms with Gasteiger partial charge in [-0.1, -0.05) is 25.1 Å². The molecule has 0 saturated heterocycles. The van der Waals surface area contributed by atoms with Crippen LogP contribution in [0.1, 0.15) is 25.3 Å². The van der Waals surface area contributed by atoms with E-state index in [0.29, 0.717) is 23.4 Å². The molecular formula is C22H25NO5S. The van der Waals surface area contributed by atoms with Crippen molar-refractivity contribution in [2.75, 3.05) is 30.8 Å². The van der Waals surface area contributed by atoms with E-state index in [1.807, 2.05) is 36.4 Å². The SMILES string of the molecule is CCCOc1ccc(-c2ccc3c(c2)C=C(C(=O)OC)CCN3S(C)(=O)=O)cc1. The third kappa shape index (κ3) is 4.79. The third-order valence-electron chi connectivity index (χ3n) is 4.72. The minimum Gasteiger partial charge on any atom is -0.494 e. The number of hydrogen-bond acceptors (Lipinski definition) is 5. The van der Waals surface area contributed by atoms with Crippen molar-refractivity contribution in [2.45, 2.75) is 19.8 Å². The van der Waals surface area contributed by atoms with Crippen LogP contribution in [0.3, 0.4) is 0 Å². The molecule has 0 N–H and O–H groups in total. The number of hydrogen-bond donors (Lipinski definition) is 0. The van der Waals surface area contributed by atoms with Crippen molar-refractivity contribution < 1.29 is 22.7 Å². The van der Waals surface area contributed by atoms with Crippen LogP contribution >= 0.6 is 0 Å². The van der Waals surface area contributed by atoms with E-state index >= 15 is 0 Å². The number of carbonyl (C=O) groups excluding carboxylic acids is 1. The first kappa shape index (κ1) is 20.9. The molecule has 0 spiro atoms. The Bertz CT molecular complexity index is 1030. The molecule has 154 valence electrons. The molecule has 2 aromatic carbocycles. The van der Waals surface area contributed by atoms with Crippen LogP contribution in [0.15, 0.2) is 48.0 Å². The molecule has 0 atom stereocenters. The van der Waals surface area contributed by atoms with E-state index in [-0.39, 0.29) is 13.0 Å². The molecule has 0 amide bonds. The number of methoxy groups -OCH3 is 1. The minimum absolute atomic E-state index is 0.190. The van der Waals surface area contributed by atoms with Gasteiger partial charge in [-0.15, -0.1) is 0 Å². The summed E-state index contributed by atoms with van der Waals surface area (Å²) in [5.41, 5.74) is 3.55. The topological polar surface area (TPSA) is 72.9 Å². The standard InChI is InChI=1S/C22H25NO5S/c1-4-13-28-20-8-5-16(6-9-20)17-7-10-21-19(14-17)15-18(22(24)27-2)11-12-23(21)29(3,25)26/h5-10,14-15H,4,11-13H2,1-3H3. The molecule has 29 heavy (non-hydrogen) atoms. The van der Waals surface area contributed by atoms with Crippen LogP contribution < -0.4 is 9.04 Å². The van der Waals surface area contributed by atoms with Gasteiger partial charge >= 0.3 is 5.97 Å². The second-order valence-corrected chi connectivity index (χ2v) is 8.80. The van der Waals surface area contributed by atoms with E-state index in [4.69, 9.17) is 9.47 Å². The Kier molecular flexibility index (Phi) is 6.27. The fourth-order valence-corrected chi connectivity index (χ4v) is 4.23. The summed E-state index contributed by atoms with van der Waals surface area (Å²) < 4.78 is 36.4. The number of anilines is 1. The second-order valence-electron chi connectivity index (χ2n) is 6.89. The quantitative estimate of drug-likeness (QED) is 0.670. The summed E-state index contributed by atoms with van der Waals surface area (Å²) in [6.45, 7) is 2.91. The summed E-state index contributed by atoms with van der Waals surface area (Å²) in [4.78, 5) is 12.1. The van der Waals surface area contributed by atoms with Crippen LogP contribution in [0.4, 0.5) is 5.69 Å². The summed E-state index contributed by atoms with van der Waals surface area (Å²) in [6, 6.07) is 13.3. The zero-order chi connectivity index (χ0) is 21.0. The Morgan fingerprint density at radius 1 is 1.10 bits per heavy atom. The number of carbonyl (C=O) groups is 1. The van der Waals surface area contributed by atoms with Gasteiger partial charge in [0.1, 0.15) is 5.75 Å². The molecular weight excluding hydrogens is 390 g/mol. The fraction of sp³-hybridized carbons (Fsp3) is 0.318. The second kappa shape index (κ2) is 8.69. The van der Waals surface area contributed by atoms with Crippen LogP contribution in [0.2, 0.25) is 0 Å². The highest BCUT2D eigenvalue weighted by Gasteiger charge is 2.25. The zero-order valence-electron chi connectivity index (χ0n) is 16.8. The largest absolute Gasteiger partial charge is 0.494 e. The Morgan fingerprint density at radius 2 is 1.79 bits per heavy atom. The Balaban J connectivity index is 2.03. The van der Waals surface area contributed by atoms with Gasteiger partial charge in [0, 0.05) is 12.1 Å². The van der Waals surface area contributed by atoms with E-state index in [9.17, 15) is 13.2 Å². The molecule has 0 fully saturated rings. The van der Waals surface area contributed by atoms with Crippen LogP contribution in [-0.4, -0.2) is 40.9 Å². The summed E-state index contributed by atoms with van der Waals surface area (Å²) in [5, 5.41) is 0. The zero-order valence-corrected chi connectivity index (χ0v) is 17.7. The Morgan fingerprint density at radius 3 is 2.41 bits per heavy atom. The fourth-order valence-electron chi connectivity index (χ4n) is 3.28. The summed E-state index contributed by atoms with van der Waals surface area (Å²) in [6.07, 6.45) is 4.11. The Hall–Kier alpha value is -2.80. The van der Waals surface area contributed by atoms with Gasteiger partial charge in [-0.25, -0.2) is 13.2 Å². The molecule has 3 rings (SSSR count). The summed E-state index contributed by atoms with van der Waals surface area (Å²) in [7, 11) is -2.16. The number of nitrogens with zero attached hydrogens (tertiary/aromatic N) is 1. The first-order valence-corrected chi connectivity index (χ1v) is 11.3. The van der Waals surface area contributed by atoms with Gasteiger partial charge in [-0.05, 0) is 59.9 Å². The van der Waals surface area contributed by atoms with E-state index in [0.717, 1.165) is 23.3 Å². The highest BCUT2D eigenvalue weighted by atomic mass is 32.2. The van der Waals surface area contributed by atoms with Crippen molar-refractivity contribution >= 4 is 27.8 Å². The monoisotopic (exact) mass is 415 g/mol. The average Bonchev–Trinajstić information content (AvgIpc) is 2.91. The lowest BCUT2D eigenvalue weighted by molar-refractivity contribution is -0.136. The molecule has 7 heteroatoms. The number of sulfonamides is 1. The van der Waals surface area contributed by atoms with Crippen molar-refractivity contribution in [1.29, 1.82) is 0 Å². The highest BCUT2D eigenvalue weighted by Crippen LogP contribution is 2.34. The summed E-state index contributed by atoms with van der Waals surface area (Å²) >= 11 is 0. The first-order chi connectivity index (χ1) is 13.8. The van der Waals surface area contributed by atoms with Crippen molar-refractivity contribution in [3.8, 4) is 16.9 Å². The number of esters is 1. The molecule has 6 nitrogen and oxygen atoms in total. The van der Waals surface area contributed by atoms with E-state index in [1.165, 1.54) is 17.7 Å². The van der Waals surface area contributed by atoms with Crippen LogP contribution in [0.25, 0.3) is 17.2 Å². The van der Waals surface area contributed by atoms with Crippen molar-refractivity contribution in [2.24, 2.45) is 0 Å². The van der Waals surface area contributed by atoms with Gasteiger partial charge in [0.05, 0.1) is 25.7 Å². The lowest BCUT2D eigenvalue weighted by Crippen LogP contribution is -2.31. The van der Waals surface area contributed by atoms with Gasteiger partial charge in [-0.3, -0.25) is 4.31 Å². The number of benzene rings is 2. The van der Waals surface area contributed by atoms with Crippen molar-refractivity contribution in [1.82, 2.24) is 0 Å². The number of rotatable bonds is 6. The molecule has 1 heterocycles. The van der Waals surface area contributed by atoms with Gasteiger partial charge in [-0.2, -0.15) is 0 Å². The molecule has 0 saturated carbocycles. The predicted molar refractivity (Wildman–Crippen MR) is 114 cm³/mol. The van der Waals surface area contributed by atoms with Crippen molar-refractivity contribution in [3.05, 3.63) is 53.6 Å². The smallest absolute Gasteiger partial charge is 0.333 e. The molecule has 0 aromatic heterocycles. The van der Waals surface area contributed by atoms with Gasteiger partial charge in [0.15, 0.2) is 0 Å². The molecule has 0 radical (unpaired) electrons.